The molecule has 0 fully saturated rings. The van der Waals surface area contributed by atoms with Gasteiger partial charge >= 0.3 is 0 Å². The maximum absolute atomic E-state index is 11.9. The van der Waals surface area contributed by atoms with Crippen LogP contribution in [0.5, 0.6) is 5.75 Å². The fraction of sp³-hybridized carbons (Fsp3) is 0.409. The second-order valence-electron chi connectivity index (χ2n) is 7.60. The maximum atomic E-state index is 11.9. The summed E-state index contributed by atoms with van der Waals surface area (Å²) in [5.74, 6) is 0.711. The van der Waals surface area contributed by atoms with Gasteiger partial charge in [0.15, 0.2) is 0 Å². The standard InChI is InChI=1S/C22H26ClNO4/c1-22(11-16-2-6-18(23)7-3-16)12-17-10-15(4-8-20(17)28-22)5-9-21(27)24-19(13-25)14-26/h2-4,6-8,10,19,25-26H,5,9,11-14H2,1H3,(H,24,27). The number of aryl methyl sites for hydroxylation is 1. The Hall–Kier alpha value is -2.08. The number of carbonyl (C=O) groups is 1. The van der Waals surface area contributed by atoms with Crippen LogP contribution in [0.2, 0.25) is 5.02 Å². The largest absolute Gasteiger partial charge is 0.487 e. The molecule has 0 saturated carbocycles. The summed E-state index contributed by atoms with van der Waals surface area (Å²) in [4.78, 5) is 11.9. The van der Waals surface area contributed by atoms with Crippen LogP contribution < -0.4 is 10.1 Å². The van der Waals surface area contributed by atoms with E-state index in [2.05, 4.69) is 18.3 Å². The third-order valence-electron chi connectivity index (χ3n) is 4.98. The van der Waals surface area contributed by atoms with Gasteiger partial charge in [0, 0.05) is 24.3 Å². The smallest absolute Gasteiger partial charge is 0.220 e. The third kappa shape index (κ3) is 5.25. The highest BCUT2D eigenvalue weighted by molar-refractivity contribution is 6.30. The lowest BCUT2D eigenvalue weighted by Gasteiger charge is -2.24. The van der Waals surface area contributed by atoms with Gasteiger partial charge in [0.05, 0.1) is 19.3 Å². The lowest BCUT2D eigenvalue weighted by atomic mass is 9.91. The topological polar surface area (TPSA) is 78.8 Å². The van der Waals surface area contributed by atoms with Crippen LogP contribution in [0.3, 0.4) is 0 Å². The molecule has 0 spiro atoms. The van der Waals surface area contributed by atoms with Gasteiger partial charge < -0.3 is 20.3 Å². The number of aliphatic hydroxyl groups excluding tert-OH is 2. The van der Waals surface area contributed by atoms with Gasteiger partial charge in [0.25, 0.3) is 0 Å². The van der Waals surface area contributed by atoms with E-state index in [0.29, 0.717) is 12.8 Å². The molecule has 3 rings (SSSR count). The van der Waals surface area contributed by atoms with Crippen molar-refractivity contribution >= 4 is 17.5 Å². The Balaban J connectivity index is 1.59. The number of ether oxygens (including phenoxy) is 1. The molecule has 150 valence electrons. The van der Waals surface area contributed by atoms with E-state index < -0.39 is 6.04 Å². The van der Waals surface area contributed by atoms with Gasteiger partial charge in [0.1, 0.15) is 11.4 Å². The van der Waals surface area contributed by atoms with Crippen molar-refractivity contribution in [1.82, 2.24) is 5.32 Å². The molecule has 0 saturated heterocycles. The van der Waals surface area contributed by atoms with E-state index in [1.54, 1.807) is 0 Å². The number of fused-ring (bicyclic) bond motifs is 1. The Morgan fingerprint density at radius 2 is 1.86 bits per heavy atom. The van der Waals surface area contributed by atoms with Gasteiger partial charge in [-0.25, -0.2) is 0 Å². The number of nitrogens with one attached hydrogen (secondary N) is 1. The van der Waals surface area contributed by atoms with Crippen LogP contribution in [0.15, 0.2) is 42.5 Å². The Morgan fingerprint density at radius 1 is 1.18 bits per heavy atom. The first-order chi connectivity index (χ1) is 13.4. The van der Waals surface area contributed by atoms with Crippen LogP contribution in [0, 0.1) is 0 Å². The Labute approximate surface area is 170 Å². The summed E-state index contributed by atoms with van der Waals surface area (Å²) in [7, 11) is 0. The Bertz CT molecular complexity index is 820. The minimum Gasteiger partial charge on any atom is -0.487 e. The molecule has 5 nitrogen and oxygen atoms in total. The van der Waals surface area contributed by atoms with E-state index in [-0.39, 0.29) is 24.7 Å². The van der Waals surface area contributed by atoms with Crippen LogP contribution in [-0.2, 0) is 24.1 Å². The number of rotatable bonds is 8. The van der Waals surface area contributed by atoms with E-state index in [1.165, 1.54) is 5.56 Å². The predicted octanol–water partition coefficient (Wildman–Crippen LogP) is 2.68. The fourth-order valence-corrected chi connectivity index (χ4v) is 3.70. The van der Waals surface area contributed by atoms with Crippen molar-refractivity contribution in [3.63, 3.8) is 0 Å². The number of carbonyl (C=O) groups excluding carboxylic acids is 1. The quantitative estimate of drug-likeness (QED) is 0.633. The molecule has 2 aromatic rings. The summed E-state index contributed by atoms with van der Waals surface area (Å²) in [6.45, 7) is 1.56. The second kappa shape index (κ2) is 8.95. The van der Waals surface area contributed by atoms with Crippen molar-refractivity contribution in [3.05, 3.63) is 64.2 Å². The van der Waals surface area contributed by atoms with Crippen molar-refractivity contribution in [1.29, 1.82) is 0 Å². The zero-order chi connectivity index (χ0) is 20.1. The lowest BCUT2D eigenvalue weighted by molar-refractivity contribution is -0.122. The molecule has 28 heavy (non-hydrogen) atoms. The molecule has 1 amide bonds. The van der Waals surface area contributed by atoms with E-state index in [4.69, 9.17) is 26.6 Å². The lowest BCUT2D eigenvalue weighted by Crippen LogP contribution is -2.40. The van der Waals surface area contributed by atoms with Crippen molar-refractivity contribution in [3.8, 4) is 5.75 Å². The molecule has 1 heterocycles. The minimum atomic E-state index is -0.602. The van der Waals surface area contributed by atoms with Gasteiger partial charge in [-0.1, -0.05) is 35.9 Å². The number of hydrogen-bond donors (Lipinski definition) is 3. The molecule has 1 atom stereocenters. The average Bonchev–Trinajstić information content (AvgIpc) is 3.01. The van der Waals surface area contributed by atoms with Gasteiger partial charge in [-0.05, 0) is 48.2 Å². The van der Waals surface area contributed by atoms with Crippen LogP contribution in [0.25, 0.3) is 0 Å². The predicted molar refractivity (Wildman–Crippen MR) is 109 cm³/mol. The maximum Gasteiger partial charge on any atom is 0.220 e. The van der Waals surface area contributed by atoms with E-state index in [0.717, 1.165) is 34.7 Å². The molecule has 3 N–H and O–H groups in total. The molecule has 6 heteroatoms. The van der Waals surface area contributed by atoms with Crippen molar-refractivity contribution in [2.75, 3.05) is 13.2 Å². The third-order valence-corrected chi connectivity index (χ3v) is 5.24. The summed E-state index contributed by atoms with van der Waals surface area (Å²) in [5, 5.41) is 21.4. The van der Waals surface area contributed by atoms with E-state index >= 15 is 0 Å². The summed E-state index contributed by atoms with van der Waals surface area (Å²) in [6, 6.07) is 13.3. The molecule has 1 aliphatic heterocycles. The average molecular weight is 404 g/mol. The number of benzene rings is 2. The molecule has 0 bridgehead atoms. The second-order valence-corrected chi connectivity index (χ2v) is 8.04. The molecule has 0 aliphatic carbocycles. The van der Waals surface area contributed by atoms with Crippen LogP contribution in [0.1, 0.15) is 30.0 Å². The molecular weight excluding hydrogens is 378 g/mol. The normalized spacial score (nSPS) is 18.0. The Kier molecular flexibility index (Phi) is 6.60. The first-order valence-corrected chi connectivity index (χ1v) is 9.85. The zero-order valence-corrected chi connectivity index (χ0v) is 16.7. The van der Waals surface area contributed by atoms with E-state index in [9.17, 15) is 4.79 Å². The summed E-state index contributed by atoms with van der Waals surface area (Å²) >= 11 is 5.97. The number of hydrogen-bond acceptors (Lipinski definition) is 4. The van der Waals surface area contributed by atoms with Crippen LogP contribution in [-0.4, -0.2) is 41.0 Å². The number of halogens is 1. The molecule has 1 aliphatic rings. The van der Waals surface area contributed by atoms with Crippen LogP contribution in [0.4, 0.5) is 0 Å². The molecule has 1 unspecified atom stereocenters. The minimum absolute atomic E-state index is 0.183. The van der Waals surface area contributed by atoms with Gasteiger partial charge in [-0.15, -0.1) is 0 Å². The molecule has 0 aromatic heterocycles. The van der Waals surface area contributed by atoms with Crippen molar-refractivity contribution < 1.29 is 19.7 Å². The number of amides is 1. The first kappa shape index (κ1) is 20.6. The van der Waals surface area contributed by atoms with E-state index in [1.807, 2.05) is 36.4 Å². The first-order valence-electron chi connectivity index (χ1n) is 9.47. The van der Waals surface area contributed by atoms with Crippen LogP contribution >= 0.6 is 11.6 Å². The fourth-order valence-electron chi connectivity index (χ4n) is 3.57. The SMILES string of the molecule is CC1(Cc2ccc(Cl)cc2)Cc2cc(CCC(=O)NC(CO)CO)ccc2O1. The van der Waals surface area contributed by atoms with Crippen molar-refractivity contribution in [2.24, 2.45) is 0 Å². The van der Waals surface area contributed by atoms with Gasteiger partial charge in [-0.3, -0.25) is 4.79 Å². The summed E-state index contributed by atoms with van der Waals surface area (Å²) in [5.41, 5.74) is 3.09. The van der Waals surface area contributed by atoms with Gasteiger partial charge in [-0.2, -0.15) is 0 Å². The highest BCUT2D eigenvalue weighted by Gasteiger charge is 2.35. The summed E-state index contributed by atoms with van der Waals surface area (Å²) in [6.07, 6.45) is 2.50. The number of aliphatic hydroxyl groups is 2. The molecule has 0 radical (unpaired) electrons. The molecular formula is C22H26ClNO4. The highest BCUT2D eigenvalue weighted by atomic mass is 35.5. The molecule has 2 aromatic carbocycles. The zero-order valence-electron chi connectivity index (χ0n) is 16.0. The highest BCUT2D eigenvalue weighted by Crippen LogP contribution is 2.37. The Morgan fingerprint density at radius 3 is 2.54 bits per heavy atom. The monoisotopic (exact) mass is 403 g/mol. The van der Waals surface area contributed by atoms with Crippen molar-refractivity contribution in [2.45, 2.75) is 44.2 Å². The summed E-state index contributed by atoms with van der Waals surface area (Å²) < 4.78 is 6.22. The van der Waals surface area contributed by atoms with Gasteiger partial charge in [0.2, 0.25) is 5.91 Å².